The molecule has 1 aliphatic heterocycles. The monoisotopic (exact) mass is 406 g/mol. The van der Waals surface area contributed by atoms with Crippen LogP contribution < -0.4 is 15.4 Å². The van der Waals surface area contributed by atoms with Crippen molar-refractivity contribution in [2.75, 3.05) is 19.0 Å². The number of amides is 1. The Balaban J connectivity index is 1.56. The Morgan fingerprint density at radius 2 is 2.00 bits per heavy atom. The third-order valence-electron chi connectivity index (χ3n) is 5.22. The predicted molar refractivity (Wildman–Crippen MR) is 118 cm³/mol. The number of ether oxygens (including phenoxy) is 1. The molecule has 1 heterocycles. The summed E-state index contributed by atoms with van der Waals surface area (Å²) < 4.78 is 5.35. The fourth-order valence-corrected chi connectivity index (χ4v) is 3.88. The molecule has 0 bridgehead atoms. The van der Waals surface area contributed by atoms with Crippen molar-refractivity contribution in [3.8, 4) is 16.9 Å². The number of nitrogens with one attached hydrogen (secondary N) is 2. The minimum Gasteiger partial charge on any atom is -0.496 e. The van der Waals surface area contributed by atoms with Crippen LogP contribution in [0.25, 0.3) is 11.1 Å². The van der Waals surface area contributed by atoms with Crippen LogP contribution in [-0.4, -0.2) is 19.6 Å². The van der Waals surface area contributed by atoms with Gasteiger partial charge in [0.25, 0.3) is 5.91 Å². The van der Waals surface area contributed by atoms with Gasteiger partial charge in [-0.3, -0.25) is 4.79 Å². The van der Waals surface area contributed by atoms with E-state index < -0.39 is 0 Å². The van der Waals surface area contributed by atoms with Gasteiger partial charge in [-0.2, -0.15) is 0 Å². The van der Waals surface area contributed by atoms with Crippen molar-refractivity contribution in [2.45, 2.75) is 19.4 Å². The molecule has 0 spiro atoms. The van der Waals surface area contributed by atoms with E-state index in [0.717, 1.165) is 41.8 Å². The van der Waals surface area contributed by atoms with Gasteiger partial charge in [-0.25, -0.2) is 0 Å². The van der Waals surface area contributed by atoms with Gasteiger partial charge in [0.15, 0.2) is 0 Å². The van der Waals surface area contributed by atoms with Crippen molar-refractivity contribution in [3.05, 3.63) is 82.4 Å². The van der Waals surface area contributed by atoms with E-state index in [1.54, 1.807) is 19.2 Å². The lowest BCUT2D eigenvalue weighted by Gasteiger charge is -2.19. The molecule has 0 radical (unpaired) electrons. The highest BCUT2D eigenvalue weighted by Crippen LogP contribution is 2.33. The molecule has 5 heteroatoms. The van der Waals surface area contributed by atoms with Crippen LogP contribution >= 0.6 is 11.6 Å². The summed E-state index contributed by atoms with van der Waals surface area (Å²) in [5.41, 5.74) is 5.87. The molecule has 4 nitrogen and oxygen atoms in total. The average molecular weight is 407 g/mol. The zero-order valence-electron chi connectivity index (χ0n) is 16.3. The summed E-state index contributed by atoms with van der Waals surface area (Å²) in [4.78, 5) is 12.7. The smallest absolute Gasteiger partial charge is 0.251 e. The summed E-state index contributed by atoms with van der Waals surface area (Å²) in [7, 11) is 1.63. The molecule has 4 rings (SSSR count). The van der Waals surface area contributed by atoms with Crippen LogP contribution in [0.2, 0.25) is 5.02 Å². The summed E-state index contributed by atoms with van der Waals surface area (Å²) in [6, 6.07) is 19.4. The highest BCUT2D eigenvalue weighted by molar-refractivity contribution is 6.33. The maximum atomic E-state index is 12.7. The first-order valence-electron chi connectivity index (χ1n) is 9.72. The number of hydrogen-bond donors (Lipinski definition) is 2. The van der Waals surface area contributed by atoms with Crippen LogP contribution in [0.5, 0.6) is 5.75 Å². The van der Waals surface area contributed by atoms with Gasteiger partial charge in [-0.15, -0.1) is 0 Å². The van der Waals surface area contributed by atoms with Crippen molar-refractivity contribution in [3.63, 3.8) is 0 Å². The summed E-state index contributed by atoms with van der Waals surface area (Å²) >= 11 is 6.47. The van der Waals surface area contributed by atoms with Crippen LogP contribution in [0.3, 0.4) is 0 Å². The molecule has 3 aromatic carbocycles. The van der Waals surface area contributed by atoms with Crippen molar-refractivity contribution in [2.24, 2.45) is 0 Å². The molecular weight excluding hydrogens is 384 g/mol. The highest BCUT2D eigenvalue weighted by atomic mass is 35.5. The van der Waals surface area contributed by atoms with Gasteiger partial charge in [0, 0.05) is 40.5 Å². The van der Waals surface area contributed by atoms with E-state index in [4.69, 9.17) is 16.3 Å². The minimum atomic E-state index is -0.145. The second kappa shape index (κ2) is 8.58. The molecule has 148 valence electrons. The van der Waals surface area contributed by atoms with Crippen LogP contribution in [0.1, 0.15) is 27.9 Å². The van der Waals surface area contributed by atoms with Gasteiger partial charge in [-0.05, 0) is 60.4 Å². The Morgan fingerprint density at radius 1 is 1.14 bits per heavy atom. The lowest BCUT2D eigenvalue weighted by atomic mass is 9.96. The maximum absolute atomic E-state index is 12.7. The van der Waals surface area contributed by atoms with Gasteiger partial charge >= 0.3 is 0 Å². The molecule has 29 heavy (non-hydrogen) atoms. The third-order valence-corrected chi connectivity index (χ3v) is 5.54. The molecule has 0 aromatic heterocycles. The standard InChI is InChI=1S/C24H23ClN2O2/c1-29-23-7-3-2-5-19(23)15-27-24(28)18-8-10-21(25)20(14-18)16-9-11-22-17(13-16)6-4-12-26-22/h2-3,5,7-11,13-14,26H,4,6,12,15H2,1H3,(H,27,28). The van der Waals surface area contributed by atoms with Gasteiger partial charge in [0.05, 0.1) is 7.11 Å². The Labute approximate surface area is 175 Å². The number of benzene rings is 3. The number of methoxy groups -OCH3 is 1. The summed E-state index contributed by atoms with van der Waals surface area (Å²) in [6.07, 6.45) is 2.17. The van der Waals surface area contributed by atoms with Gasteiger partial charge < -0.3 is 15.4 Å². The van der Waals surface area contributed by atoms with Crippen LogP contribution in [-0.2, 0) is 13.0 Å². The summed E-state index contributed by atoms with van der Waals surface area (Å²) in [5.74, 6) is 0.612. The first kappa shape index (κ1) is 19.3. The van der Waals surface area contributed by atoms with Gasteiger partial charge in [0.1, 0.15) is 5.75 Å². The van der Waals surface area contributed by atoms with Gasteiger partial charge in [-0.1, -0.05) is 35.9 Å². The largest absolute Gasteiger partial charge is 0.496 e. The number of carbonyl (C=O) groups is 1. The number of aryl methyl sites for hydroxylation is 1. The van der Waals surface area contributed by atoms with Crippen molar-refractivity contribution < 1.29 is 9.53 Å². The van der Waals surface area contributed by atoms with Crippen molar-refractivity contribution >= 4 is 23.2 Å². The van der Waals surface area contributed by atoms with Crippen LogP contribution in [0.15, 0.2) is 60.7 Å². The minimum absolute atomic E-state index is 0.145. The third kappa shape index (κ3) is 4.22. The Kier molecular flexibility index (Phi) is 5.72. The molecular formula is C24H23ClN2O2. The molecule has 1 aliphatic rings. The topological polar surface area (TPSA) is 50.4 Å². The van der Waals surface area contributed by atoms with E-state index in [2.05, 4.69) is 28.8 Å². The SMILES string of the molecule is COc1ccccc1CNC(=O)c1ccc(Cl)c(-c2ccc3c(c2)CCCN3)c1. The van der Waals surface area contributed by atoms with E-state index in [9.17, 15) is 4.79 Å². The van der Waals surface area contributed by atoms with E-state index in [-0.39, 0.29) is 5.91 Å². The zero-order valence-corrected chi connectivity index (χ0v) is 17.1. The molecule has 0 unspecified atom stereocenters. The molecule has 0 fully saturated rings. The summed E-state index contributed by atoms with van der Waals surface area (Å²) in [5, 5.41) is 7.02. The van der Waals surface area contributed by atoms with E-state index in [1.807, 2.05) is 30.3 Å². The molecule has 0 saturated heterocycles. The Bertz CT molecular complexity index is 1050. The van der Waals surface area contributed by atoms with Gasteiger partial charge in [0.2, 0.25) is 0 Å². The lowest BCUT2D eigenvalue weighted by molar-refractivity contribution is 0.0950. The number of hydrogen-bond acceptors (Lipinski definition) is 3. The Morgan fingerprint density at radius 3 is 2.86 bits per heavy atom. The first-order chi connectivity index (χ1) is 14.2. The number of carbonyl (C=O) groups excluding carboxylic acids is 1. The quantitative estimate of drug-likeness (QED) is 0.604. The number of para-hydroxylation sites is 1. The molecule has 0 atom stereocenters. The molecule has 1 amide bonds. The predicted octanol–water partition coefficient (Wildman–Crippen LogP) is 5.30. The summed E-state index contributed by atoms with van der Waals surface area (Å²) in [6.45, 7) is 1.40. The lowest BCUT2D eigenvalue weighted by Crippen LogP contribution is -2.23. The average Bonchev–Trinajstić information content (AvgIpc) is 2.77. The molecule has 3 aromatic rings. The van der Waals surface area contributed by atoms with Crippen molar-refractivity contribution in [1.82, 2.24) is 5.32 Å². The highest BCUT2D eigenvalue weighted by Gasteiger charge is 2.14. The second-order valence-electron chi connectivity index (χ2n) is 7.09. The zero-order chi connectivity index (χ0) is 20.2. The van der Waals surface area contributed by atoms with E-state index >= 15 is 0 Å². The first-order valence-corrected chi connectivity index (χ1v) is 10.1. The van der Waals surface area contributed by atoms with E-state index in [0.29, 0.717) is 17.1 Å². The second-order valence-corrected chi connectivity index (χ2v) is 7.50. The number of rotatable bonds is 5. The molecule has 0 saturated carbocycles. The number of fused-ring (bicyclic) bond motifs is 1. The van der Waals surface area contributed by atoms with Crippen LogP contribution in [0.4, 0.5) is 5.69 Å². The molecule has 0 aliphatic carbocycles. The van der Waals surface area contributed by atoms with Crippen molar-refractivity contribution in [1.29, 1.82) is 0 Å². The fourth-order valence-electron chi connectivity index (χ4n) is 3.66. The van der Waals surface area contributed by atoms with E-state index in [1.165, 1.54) is 11.3 Å². The molecule has 2 N–H and O–H groups in total. The normalized spacial score (nSPS) is 12.6. The Hall–Kier alpha value is -2.98. The fraction of sp³-hybridized carbons (Fsp3) is 0.208. The van der Waals surface area contributed by atoms with Crippen LogP contribution in [0, 0.1) is 0 Å². The number of halogens is 1. The maximum Gasteiger partial charge on any atom is 0.251 e. The number of anilines is 1.